The molecule has 3 heteroatoms. The van der Waals surface area contributed by atoms with Gasteiger partial charge in [-0.05, 0) is 59.0 Å². The van der Waals surface area contributed by atoms with Crippen molar-refractivity contribution >= 4 is 35.0 Å². The first kappa shape index (κ1) is 14.3. The Morgan fingerprint density at radius 1 is 1.06 bits per heavy atom. The van der Waals surface area contributed by atoms with E-state index in [0.717, 1.165) is 0 Å². The number of benzene rings is 1. The quantitative estimate of drug-likeness (QED) is 0.790. The normalized spacial score (nSPS) is 18.9. The predicted octanol–water partition coefficient (Wildman–Crippen LogP) is 4.29. The smallest absolute Gasteiger partial charge is 0.0323 e. The molecule has 0 spiro atoms. The third-order valence-corrected chi connectivity index (χ3v) is 4.13. The van der Waals surface area contributed by atoms with Crippen molar-refractivity contribution in [1.82, 2.24) is 0 Å². The molecular weight excluding hydrogens is 333 g/mol. The Balaban J connectivity index is 0.00000128. The summed E-state index contributed by atoms with van der Waals surface area (Å²) in [5.41, 5.74) is 7.63. The lowest BCUT2D eigenvalue weighted by atomic mass is 9.82. The van der Waals surface area contributed by atoms with Gasteiger partial charge in [0.25, 0.3) is 0 Å². The molecule has 2 N–H and O–H groups in total. The Hall–Kier alpha value is 0.200. The average Bonchev–Trinajstić information content (AvgIpc) is 2.30. The maximum atomic E-state index is 6.32. The van der Waals surface area contributed by atoms with Crippen molar-refractivity contribution in [1.29, 1.82) is 0 Å². The van der Waals surface area contributed by atoms with Crippen LogP contribution in [0.25, 0.3) is 0 Å². The summed E-state index contributed by atoms with van der Waals surface area (Å²) in [5.74, 6) is 0.707. The van der Waals surface area contributed by atoms with Crippen LogP contribution in [0.15, 0.2) is 24.3 Å². The van der Waals surface area contributed by atoms with Crippen molar-refractivity contribution in [3.8, 4) is 0 Å². The first-order chi connectivity index (χ1) is 7.27. The van der Waals surface area contributed by atoms with Gasteiger partial charge in [-0.25, -0.2) is 0 Å². The summed E-state index contributed by atoms with van der Waals surface area (Å²) in [5, 5.41) is 0. The van der Waals surface area contributed by atoms with Crippen LogP contribution >= 0.6 is 35.0 Å². The predicted molar refractivity (Wildman–Crippen MR) is 79.9 cm³/mol. The highest BCUT2D eigenvalue weighted by atomic mass is 127. The lowest BCUT2D eigenvalue weighted by Crippen LogP contribution is -2.23. The monoisotopic (exact) mass is 351 g/mol. The van der Waals surface area contributed by atoms with E-state index in [-0.39, 0.29) is 18.4 Å². The molecule has 0 bridgehead atoms. The molecule has 16 heavy (non-hydrogen) atoms. The number of rotatable bonds is 2. The van der Waals surface area contributed by atoms with Gasteiger partial charge in [0.2, 0.25) is 0 Å². The molecule has 0 radical (unpaired) electrons. The van der Waals surface area contributed by atoms with Gasteiger partial charge in [0, 0.05) is 9.61 Å². The minimum Gasteiger partial charge on any atom is -0.324 e. The number of hydrogen-bond donors (Lipinski definition) is 1. The summed E-state index contributed by atoms with van der Waals surface area (Å²) in [4.78, 5) is 0. The zero-order chi connectivity index (χ0) is 10.7. The molecule has 0 saturated heterocycles. The molecule has 1 aliphatic carbocycles. The van der Waals surface area contributed by atoms with Crippen LogP contribution in [0.5, 0.6) is 0 Å². The molecule has 1 aliphatic rings. The maximum Gasteiger partial charge on any atom is 0.0323 e. The van der Waals surface area contributed by atoms with E-state index in [9.17, 15) is 0 Å². The van der Waals surface area contributed by atoms with E-state index in [2.05, 4.69) is 46.9 Å². The van der Waals surface area contributed by atoms with Crippen molar-refractivity contribution < 1.29 is 0 Å². The third kappa shape index (κ3) is 3.60. The molecule has 1 aromatic rings. The van der Waals surface area contributed by atoms with E-state index in [1.165, 1.54) is 41.2 Å². The second-order valence-corrected chi connectivity index (χ2v) is 5.72. The summed E-state index contributed by atoms with van der Waals surface area (Å²) in [7, 11) is 0. The van der Waals surface area contributed by atoms with Crippen molar-refractivity contribution in [2.24, 2.45) is 11.7 Å². The van der Waals surface area contributed by atoms with Crippen molar-refractivity contribution in [2.45, 2.75) is 38.1 Å². The van der Waals surface area contributed by atoms with Crippen LogP contribution in [0.2, 0.25) is 0 Å². The van der Waals surface area contributed by atoms with Crippen molar-refractivity contribution in [3.63, 3.8) is 0 Å². The van der Waals surface area contributed by atoms with E-state index >= 15 is 0 Å². The third-order valence-electron chi connectivity index (χ3n) is 3.41. The van der Waals surface area contributed by atoms with Gasteiger partial charge in [0.05, 0.1) is 0 Å². The van der Waals surface area contributed by atoms with Gasteiger partial charge >= 0.3 is 0 Å². The van der Waals surface area contributed by atoms with Crippen LogP contribution in [-0.2, 0) is 0 Å². The van der Waals surface area contributed by atoms with E-state index in [4.69, 9.17) is 5.73 Å². The molecule has 1 atom stereocenters. The van der Waals surface area contributed by atoms with Gasteiger partial charge in [-0.3, -0.25) is 0 Å². The highest BCUT2D eigenvalue weighted by Gasteiger charge is 2.21. The van der Waals surface area contributed by atoms with Crippen LogP contribution in [0, 0.1) is 9.49 Å². The van der Waals surface area contributed by atoms with Crippen LogP contribution in [0.3, 0.4) is 0 Å². The van der Waals surface area contributed by atoms with Crippen molar-refractivity contribution in [3.05, 3.63) is 33.4 Å². The lowest BCUT2D eigenvalue weighted by molar-refractivity contribution is 0.308. The SMILES string of the molecule is Cl.N[C@H](c1ccc(I)cc1)C1CCCCC1. The fraction of sp³-hybridized carbons (Fsp3) is 0.538. The molecule has 2 rings (SSSR count). The summed E-state index contributed by atoms with van der Waals surface area (Å²) < 4.78 is 1.28. The first-order valence-corrected chi connectivity index (χ1v) is 6.86. The van der Waals surface area contributed by atoms with Crippen molar-refractivity contribution in [2.75, 3.05) is 0 Å². The molecular formula is C13H19ClIN. The zero-order valence-corrected chi connectivity index (χ0v) is 12.3. The van der Waals surface area contributed by atoms with E-state index in [0.29, 0.717) is 5.92 Å². The highest BCUT2D eigenvalue weighted by molar-refractivity contribution is 14.1. The topological polar surface area (TPSA) is 26.0 Å². The average molecular weight is 352 g/mol. The summed E-state index contributed by atoms with van der Waals surface area (Å²) in [6.45, 7) is 0. The largest absolute Gasteiger partial charge is 0.324 e. The number of halogens is 2. The second-order valence-electron chi connectivity index (χ2n) is 4.48. The zero-order valence-electron chi connectivity index (χ0n) is 9.36. The van der Waals surface area contributed by atoms with E-state index < -0.39 is 0 Å². The fourth-order valence-corrected chi connectivity index (χ4v) is 2.81. The molecule has 1 saturated carbocycles. The maximum absolute atomic E-state index is 6.32. The van der Waals surface area contributed by atoms with Crippen LogP contribution in [0.1, 0.15) is 43.7 Å². The molecule has 0 amide bonds. The Kier molecular flexibility index (Phi) is 6.08. The molecule has 0 aromatic heterocycles. The fourth-order valence-electron chi connectivity index (χ4n) is 2.45. The van der Waals surface area contributed by atoms with Gasteiger partial charge in [0.15, 0.2) is 0 Å². The standard InChI is InChI=1S/C13H18IN.ClH/c14-12-8-6-11(7-9-12)13(15)10-4-2-1-3-5-10;/h6-10,13H,1-5,15H2;1H/t13-;/m0./s1. The number of hydrogen-bond acceptors (Lipinski definition) is 1. The molecule has 1 nitrogen and oxygen atoms in total. The number of nitrogens with two attached hydrogens (primary N) is 1. The molecule has 0 aliphatic heterocycles. The lowest BCUT2D eigenvalue weighted by Gasteiger charge is -2.27. The molecule has 0 unspecified atom stereocenters. The summed E-state index contributed by atoms with van der Waals surface area (Å²) >= 11 is 2.33. The second kappa shape index (κ2) is 6.82. The van der Waals surface area contributed by atoms with E-state index in [1.807, 2.05) is 0 Å². The molecule has 1 fully saturated rings. The van der Waals surface area contributed by atoms with Gasteiger partial charge < -0.3 is 5.73 Å². The summed E-state index contributed by atoms with van der Waals surface area (Å²) in [6, 6.07) is 8.92. The Labute approximate surface area is 118 Å². The summed E-state index contributed by atoms with van der Waals surface area (Å²) in [6.07, 6.45) is 6.75. The molecule has 1 aromatic carbocycles. The van der Waals surface area contributed by atoms with Gasteiger partial charge in [0.1, 0.15) is 0 Å². The van der Waals surface area contributed by atoms with Gasteiger partial charge in [-0.1, -0.05) is 31.4 Å². The van der Waals surface area contributed by atoms with Gasteiger partial charge in [-0.15, -0.1) is 12.4 Å². The Bertz CT molecular complexity index is 306. The molecule has 0 heterocycles. The first-order valence-electron chi connectivity index (χ1n) is 5.78. The van der Waals surface area contributed by atoms with E-state index in [1.54, 1.807) is 0 Å². The van der Waals surface area contributed by atoms with Crippen LogP contribution in [-0.4, -0.2) is 0 Å². The Morgan fingerprint density at radius 3 is 2.19 bits per heavy atom. The minimum atomic E-state index is 0. The Morgan fingerprint density at radius 2 is 1.62 bits per heavy atom. The van der Waals surface area contributed by atoms with Crippen LogP contribution in [0.4, 0.5) is 0 Å². The highest BCUT2D eigenvalue weighted by Crippen LogP contribution is 2.32. The van der Waals surface area contributed by atoms with Gasteiger partial charge in [-0.2, -0.15) is 0 Å². The minimum absolute atomic E-state index is 0. The molecule has 90 valence electrons. The van der Waals surface area contributed by atoms with Crippen LogP contribution < -0.4 is 5.73 Å².